The number of carbonyl (C=O) groups is 1. The number of rotatable bonds is 6. The number of ether oxygens (including phenoxy) is 1. The van der Waals surface area contributed by atoms with Crippen molar-refractivity contribution in [2.45, 2.75) is 13.7 Å². The number of nitrogens with zero attached hydrogens (tertiary/aromatic N) is 2. The van der Waals surface area contributed by atoms with Crippen LogP contribution in [-0.4, -0.2) is 40.4 Å². The van der Waals surface area contributed by atoms with E-state index < -0.39 is 0 Å². The molecule has 0 unspecified atom stereocenters. The average molecular weight is 358 g/mol. The highest BCUT2D eigenvalue weighted by Gasteiger charge is 2.14. The van der Waals surface area contributed by atoms with Gasteiger partial charge in [0, 0.05) is 16.8 Å². The Bertz CT molecular complexity index is 625. The van der Waals surface area contributed by atoms with Crippen molar-refractivity contribution in [3.63, 3.8) is 0 Å². The standard InChI is InChI=1S/C14H18BrN2O2S/c1-10(18)14-12-8-11(15)4-5-13(12)17(16-14)9-19-6-7-20(2)3/h4-5,8H,6-7,9H2,1-3H3/q+1. The number of carbonyl (C=O) groups excluding carboxylic acids is 1. The van der Waals surface area contributed by atoms with E-state index in [0.717, 1.165) is 21.1 Å². The molecule has 2 aromatic rings. The molecule has 0 radical (unpaired) electrons. The second kappa shape index (κ2) is 6.74. The summed E-state index contributed by atoms with van der Waals surface area (Å²) in [6.07, 6.45) is 4.39. The largest absolute Gasteiger partial charge is 0.354 e. The highest BCUT2D eigenvalue weighted by Crippen LogP contribution is 2.23. The highest BCUT2D eigenvalue weighted by atomic mass is 79.9. The molecule has 0 N–H and O–H groups in total. The van der Waals surface area contributed by atoms with E-state index in [2.05, 4.69) is 33.5 Å². The maximum atomic E-state index is 11.7. The lowest BCUT2D eigenvalue weighted by Gasteiger charge is -2.04. The number of halogens is 1. The van der Waals surface area contributed by atoms with E-state index in [1.54, 1.807) is 4.68 Å². The summed E-state index contributed by atoms with van der Waals surface area (Å²) in [6.45, 7) is 2.62. The Morgan fingerprint density at radius 3 is 2.85 bits per heavy atom. The van der Waals surface area contributed by atoms with Crippen molar-refractivity contribution in [3.05, 3.63) is 28.4 Å². The van der Waals surface area contributed by atoms with Crippen LogP contribution in [0.5, 0.6) is 0 Å². The van der Waals surface area contributed by atoms with E-state index in [4.69, 9.17) is 4.74 Å². The molecule has 0 aliphatic heterocycles. The topological polar surface area (TPSA) is 44.1 Å². The fourth-order valence-corrected chi connectivity index (χ4v) is 2.70. The zero-order chi connectivity index (χ0) is 14.7. The number of ketones is 1. The third-order valence-corrected chi connectivity index (χ3v) is 4.37. The van der Waals surface area contributed by atoms with Crippen LogP contribution in [0.15, 0.2) is 22.7 Å². The van der Waals surface area contributed by atoms with Gasteiger partial charge in [-0.05, 0) is 29.1 Å². The SMILES string of the molecule is CC(=O)c1nn(COCC[S+](C)C)c2ccc(Br)cc12. The third-order valence-electron chi connectivity index (χ3n) is 2.90. The summed E-state index contributed by atoms with van der Waals surface area (Å²) in [7, 11) is 0.379. The third kappa shape index (κ3) is 3.62. The first-order chi connectivity index (χ1) is 9.49. The van der Waals surface area contributed by atoms with Gasteiger partial charge < -0.3 is 4.74 Å². The van der Waals surface area contributed by atoms with Crippen molar-refractivity contribution < 1.29 is 9.53 Å². The monoisotopic (exact) mass is 357 g/mol. The van der Waals surface area contributed by atoms with E-state index >= 15 is 0 Å². The lowest BCUT2D eigenvalue weighted by Crippen LogP contribution is -2.12. The van der Waals surface area contributed by atoms with Gasteiger partial charge in [-0.1, -0.05) is 15.9 Å². The lowest BCUT2D eigenvalue weighted by atomic mass is 10.2. The minimum atomic E-state index is -0.0319. The van der Waals surface area contributed by atoms with E-state index in [1.807, 2.05) is 18.2 Å². The molecule has 0 saturated carbocycles. The van der Waals surface area contributed by atoms with Crippen LogP contribution in [0.4, 0.5) is 0 Å². The van der Waals surface area contributed by atoms with Crippen molar-refractivity contribution >= 4 is 43.5 Å². The minimum Gasteiger partial charge on any atom is -0.354 e. The summed E-state index contributed by atoms with van der Waals surface area (Å²) in [4.78, 5) is 11.7. The van der Waals surface area contributed by atoms with Crippen molar-refractivity contribution in [1.29, 1.82) is 0 Å². The Morgan fingerprint density at radius 2 is 2.20 bits per heavy atom. The second-order valence-corrected chi connectivity index (χ2v) is 8.09. The van der Waals surface area contributed by atoms with Gasteiger partial charge in [0.25, 0.3) is 0 Å². The van der Waals surface area contributed by atoms with Gasteiger partial charge in [0.1, 0.15) is 18.2 Å². The minimum absolute atomic E-state index is 0.0319. The van der Waals surface area contributed by atoms with Crippen LogP contribution < -0.4 is 0 Å². The molecule has 2 rings (SSSR count). The van der Waals surface area contributed by atoms with Gasteiger partial charge in [-0.2, -0.15) is 5.10 Å². The molecular weight excluding hydrogens is 340 g/mol. The smallest absolute Gasteiger partial charge is 0.180 e. The number of hydrogen-bond acceptors (Lipinski definition) is 3. The molecule has 1 aromatic carbocycles. The molecule has 0 amide bonds. The van der Waals surface area contributed by atoms with Crippen LogP contribution in [0.1, 0.15) is 17.4 Å². The summed E-state index contributed by atoms with van der Waals surface area (Å²) in [5.74, 6) is 1.01. The molecule has 6 heteroatoms. The number of Topliss-reactive ketones (excluding diaryl/α,β-unsaturated/α-hetero) is 1. The van der Waals surface area contributed by atoms with Crippen LogP contribution in [0.25, 0.3) is 10.9 Å². The van der Waals surface area contributed by atoms with E-state index in [9.17, 15) is 4.79 Å². The van der Waals surface area contributed by atoms with E-state index in [1.165, 1.54) is 6.92 Å². The lowest BCUT2D eigenvalue weighted by molar-refractivity contribution is 0.0832. The molecule has 4 nitrogen and oxygen atoms in total. The Morgan fingerprint density at radius 1 is 1.45 bits per heavy atom. The zero-order valence-electron chi connectivity index (χ0n) is 11.9. The number of aromatic nitrogens is 2. The first kappa shape index (κ1) is 15.5. The van der Waals surface area contributed by atoms with Crippen molar-refractivity contribution in [2.75, 3.05) is 24.9 Å². The van der Waals surface area contributed by atoms with Gasteiger partial charge in [-0.3, -0.25) is 4.79 Å². The predicted molar refractivity (Wildman–Crippen MR) is 87.5 cm³/mol. The maximum absolute atomic E-state index is 11.7. The molecule has 0 aliphatic rings. The fourth-order valence-electron chi connectivity index (χ4n) is 1.89. The molecule has 0 fully saturated rings. The Kier molecular flexibility index (Phi) is 5.23. The Balaban J connectivity index is 2.23. The van der Waals surface area contributed by atoms with Gasteiger partial charge in [-0.25, -0.2) is 4.68 Å². The molecule has 1 aromatic heterocycles. The van der Waals surface area contributed by atoms with Crippen LogP contribution >= 0.6 is 15.9 Å². The molecule has 108 valence electrons. The second-order valence-electron chi connectivity index (χ2n) is 4.79. The first-order valence-corrected chi connectivity index (χ1v) is 9.28. The summed E-state index contributed by atoms with van der Waals surface area (Å²) >= 11 is 3.43. The molecule has 0 saturated heterocycles. The molecule has 0 aliphatic carbocycles. The highest BCUT2D eigenvalue weighted by molar-refractivity contribution is 9.10. The van der Waals surface area contributed by atoms with Gasteiger partial charge in [0.15, 0.2) is 5.78 Å². The Hall–Kier alpha value is -0.850. The molecule has 0 spiro atoms. The first-order valence-electron chi connectivity index (χ1n) is 6.28. The number of benzene rings is 1. The number of hydrogen-bond donors (Lipinski definition) is 0. The maximum Gasteiger partial charge on any atom is 0.180 e. The van der Waals surface area contributed by atoms with Crippen LogP contribution in [0.2, 0.25) is 0 Å². The molecule has 0 atom stereocenters. The summed E-state index contributed by atoms with van der Waals surface area (Å²) in [5, 5.41) is 5.23. The molecule has 20 heavy (non-hydrogen) atoms. The van der Waals surface area contributed by atoms with Gasteiger partial charge in [-0.15, -0.1) is 0 Å². The summed E-state index contributed by atoms with van der Waals surface area (Å²) in [5.41, 5.74) is 1.42. The normalized spacial score (nSPS) is 11.4. The van der Waals surface area contributed by atoms with Crippen molar-refractivity contribution in [1.82, 2.24) is 9.78 Å². The van der Waals surface area contributed by atoms with Gasteiger partial charge in [0.2, 0.25) is 0 Å². The van der Waals surface area contributed by atoms with Crippen molar-refractivity contribution in [2.24, 2.45) is 0 Å². The fraction of sp³-hybridized carbons (Fsp3) is 0.429. The van der Waals surface area contributed by atoms with E-state index in [-0.39, 0.29) is 5.78 Å². The summed E-state index contributed by atoms with van der Waals surface area (Å²) < 4.78 is 8.34. The van der Waals surface area contributed by atoms with Crippen molar-refractivity contribution in [3.8, 4) is 0 Å². The van der Waals surface area contributed by atoms with E-state index in [0.29, 0.717) is 29.9 Å². The van der Waals surface area contributed by atoms with Crippen LogP contribution in [-0.2, 0) is 22.4 Å². The molecule has 0 bridgehead atoms. The quantitative estimate of drug-likeness (QED) is 0.453. The number of fused-ring (bicyclic) bond motifs is 1. The van der Waals surface area contributed by atoms with Gasteiger partial charge >= 0.3 is 0 Å². The van der Waals surface area contributed by atoms with Crippen LogP contribution in [0.3, 0.4) is 0 Å². The van der Waals surface area contributed by atoms with Crippen LogP contribution in [0, 0.1) is 0 Å². The van der Waals surface area contributed by atoms with Gasteiger partial charge in [0.05, 0.1) is 24.6 Å². The molecular formula is C14H18BrN2O2S+. The molecule has 1 heterocycles. The zero-order valence-corrected chi connectivity index (χ0v) is 14.3. The predicted octanol–water partition coefficient (Wildman–Crippen LogP) is 2.85. The Labute approximate surface area is 130 Å². The summed E-state index contributed by atoms with van der Waals surface area (Å²) in [6, 6.07) is 5.82. The average Bonchev–Trinajstić information content (AvgIpc) is 2.72.